The van der Waals surface area contributed by atoms with E-state index in [4.69, 9.17) is 4.74 Å². The number of hydrogen-bond donors (Lipinski definition) is 0. The van der Waals surface area contributed by atoms with Crippen LogP contribution in [0.1, 0.15) is 27.7 Å². The van der Waals surface area contributed by atoms with Gasteiger partial charge in [-0.25, -0.2) is 0 Å². The van der Waals surface area contributed by atoms with Gasteiger partial charge in [0.15, 0.2) is 0 Å². The first kappa shape index (κ1) is 26.3. The van der Waals surface area contributed by atoms with Gasteiger partial charge >= 0.3 is 0 Å². The van der Waals surface area contributed by atoms with Gasteiger partial charge in [0.25, 0.3) is 0 Å². The molecule has 5 rings (SSSR count). The first-order valence-corrected chi connectivity index (χ1v) is 16.0. The van der Waals surface area contributed by atoms with Crippen LogP contribution in [0, 0.1) is 11.8 Å². The standard InChI is InChI=1S/C34H38OP2/c1-33(2,36(27-17-9-5-10-18-27)28-19-11-6-12-20-28)31-25-35-26-32(31)34(3,4)37(29-21-13-7-14-22-29)30-23-15-8-16-24-30/h5-24,31-32H,25-26H2,1-4H3/t31-,32-/m0/s1. The molecule has 1 nitrogen and oxygen atoms in total. The molecule has 0 unspecified atom stereocenters. The van der Waals surface area contributed by atoms with E-state index in [-0.39, 0.29) is 10.3 Å². The van der Waals surface area contributed by atoms with E-state index < -0.39 is 15.8 Å². The third-order valence-electron chi connectivity index (χ3n) is 8.11. The molecule has 0 aromatic heterocycles. The Bertz CT molecular complexity index is 1080. The Hall–Kier alpha value is -2.30. The van der Waals surface area contributed by atoms with Crippen molar-refractivity contribution >= 4 is 37.1 Å². The zero-order valence-electron chi connectivity index (χ0n) is 22.4. The van der Waals surface area contributed by atoms with Crippen LogP contribution in [0.3, 0.4) is 0 Å². The van der Waals surface area contributed by atoms with Gasteiger partial charge in [0.1, 0.15) is 0 Å². The summed E-state index contributed by atoms with van der Waals surface area (Å²) in [6, 6.07) is 44.7. The molecule has 0 amide bonds. The highest BCUT2D eigenvalue weighted by atomic mass is 31.1. The molecule has 4 aromatic rings. The normalized spacial score (nSPS) is 18.4. The number of ether oxygens (including phenoxy) is 1. The molecule has 4 aromatic carbocycles. The minimum Gasteiger partial charge on any atom is -0.381 e. The summed E-state index contributed by atoms with van der Waals surface area (Å²) < 4.78 is 6.41. The van der Waals surface area contributed by atoms with E-state index in [2.05, 4.69) is 149 Å². The molecule has 3 heteroatoms. The van der Waals surface area contributed by atoms with Crippen molar-refractivity contribution in [1.82, 2.24) is 0 Å². The molecule has 0 aliphatic carbocycles. The maximum Gasteiger partial charge on any atom is 0.0507 e. The second-order valence-electron chi connectivity index (χ2n) is 11.1. The van der Waals surface area contributed by atoms with Gasteiger partial charge in [-0.2, -0.15) is 0 Å². The lowest BCUT2D eigenvalue weighted by Crippen LogP contribution is -2.47. The van der Waals surface area contributed by atoms with Crippen molar-refractivity contribution in [1.29, 1.82) is 0 Å². The molecular formula is C34H38OP2. The van der Waals surface area contributed by atoms with Crippen molar-refractivity contribution in [3.63, 3.8) is 0 Å². The van der Waals surface area contributed by atoms with Crippen LogP contribution in [0.25, 0.3) is 0 Å². The van der Waals surface area contributed by atoms with E-state index in [0.717, 1.165) is 13.2 Å². The Labute approximate surface area is 225 Å². The molecule has 0 N–H and O–H groups in total. The largest absolute Gasteiger partial charge is 0.381 e. The van der Waals surface area contributed by atoms with Gasteiger partial charge in [-0.15, -0.1) is 0 Å². The molecule has 0 spiro atoms. The highest BCUT2D eigenvalue weighted by Gasteiger charge is 2.52. The Morgan fingerprint density at radius 2 is 0.703 bits per heavy atom. The molecular weight excluding hydrogens is 486 g/mol. The highest BCUT2D eigenvalue weighted by Crippen LogP contribution is 2.61. The zero-order chi connectivity index (χ0) is 25.9. The lowest BCUT2D eigenvalue weighted by Gasteiger charge is -2.48. The molecule has 37 heavy (non-hydrogen) atoms. The smallest absolute Gasteiger partial charge is 0.0507 e. The monoisotopic (exact) mass is 524 g/mol. The molecule has 1 fully saturated rings. The zero-order valence-corrected chi connectivity index (χ0v) is 24.2. The Morgan fingerprint density at radius 1 is 0.459 bits per heavy atom. The highest BCUT2D eigenvalue weighted by molar-refractivity contribution is 7.75. The van der Waals surface area contributed by atoms with Gasteiger partial charge in [0, 0.05) is 0 Å². The molecule has 0 saturated carbocycles. The minimum absolute atomic E-state index is 0.0604. The Morgan fingerprint density at radius 3 is 0.946 bits per heavy atom. The van der Waals surface area contributed by atoms with Crippen LogP contribution in [0.15, 0.2) is 121 Å². The maximum atomic E-state index is 6.41. The first-order valence-electron chi connectivity index (χ1n) is 13.3. The van der Waals surface area contributed by atoms with Crippen LogP contribution in [0.5, 0.6) is 0 Å². The summed E-state index contributed by atoms with van der Waals surface area (Å²) in [5, 5.41) is 5.92. The SMILES string of the molecule is CC(C)([C@H]1COC[C@@H]1C(C)(C)P(c1ccccc1)c1ccccc1)P(c1ccccc1)c1ccccc1. The van der Waals surface area contributed by atoms with Crippen molar-refractivity contribution in [2.45, 2.75) is 38.0 Å². The van der Waals surface area contributed by atoms with E-state index in [1.807, 2.05) is 0 Å². The summed E-state index contributed by atoms with van der Waals surface area (Å²) in [6.45, 7) is 11.7. The van der Waals surface area contributed by atoms with Crippen LogP contribution in [0.4, 0.5) is 0 Å². The van der Waals surface area contributed by atoms with Crippen molar-refractivity contribution in [3.05, 3.63) is 121 Å². The van der Waals surface area contributed by atoms with Gasteiger partial charge in [-0.3, -0.25) is 0 Å². The summed E-state index contributed by atoms with van der Waals surface area (Å²) in [7, 11) is -1.16. The number of hydrogen-bond acceptors (Lipinski definition) is 1. The van der Waals surface area contributed by atoms with Gasteiger partial charge in [-0.1, -0.05) is 149 Å². The second-order valence-corrected chi connectivity index (χ2v) is 16.8. The number of benzene rings is 4. The minimum atomic E-state index is -0.580. The van der Waals surface area contributed by atoms with Crippen LogP contribution < -0.4 is 21.2 Å². The lowest BCUT2D eigenvalue weighted by atomic mass is 9.78. The van der Waals surface area contributed by atoms with E-state index >= 15 is 0 Å². The fourth-order valence-corrected chi connectivity index (χ4v) is 12.5. The second kappa shape index (κ2) is 11.2. The van der Waals surface area contributed by atoms with Crippen molar-refractivity contribution in [2.75, 3.05) is 13.2 Å². The fraction of sp³-hybridized carbons (Fsp3) is 0.294. The summed E-state index contributed by atoms with van der Waals surface area (Å²) in [4.78, 5) is 0. The van der Waals surface area contributed by atoms with E-state index in [1.54, 1.807) is 0 Å². The summed E-state index contributed by atoms with van der Waals surface area (Å²) in [5.74, 6) is 0.901. The lowest BCUT2D eigenvalue weighted by molar-refractivity contribution is 0.175. The predicted octanol–water partition coefficient (Wildman–Crippen LogP) is 7.07. The van der Waals surface area contributed by atoms with Crippen molar-refractivity contribution in [3.8, 4) is 0 Å². The Balaban J connectivity index is 1.58. The summed E-state index contributed by atoms with van der Waals surface area (Å²) >= 11 is 0. The summed E-state index contributed by atoms with van der Waals surface area (Å²) in [6.07, 6.45) is 0. The molecule has 0 radical (unpaired) electrons. The average Bonchev–Trinajstić information content (AvgIpc) is 3.44. The van der Waals surface area contributed by atoms with Crippen LogP contribution in [0.2, 0.25) is 0 Å². The maximum absolute atomic E-state index is 6.41. The topological polar surface area (TPSA) is 9.23 Å². The van der Waals surface area contributed by atoms with Crippen LogP contribution in [-0.4, -0.2) is 23.5 Å². The molecule has 1 saturated heterocycles. The molecule has 1 aliphatic rings. The Kier molecular flexibility index (Phi) is 7.97. The van der Waals surface area contributed by atoms with Gasteiger partial charge in [0.2, 0.25) is 0 Å². The van der Waals surface area contributed by atoms with Crippen LogP contribution in [-0.2, 0) is 4.74 Å². The van der Waals surface area contributed by atoms with Gasteiger partial charge in [-0.05, 0) is 59.2 Å². The van der Waals surface area contributed by atoms with E-state index in [0.29, 0.717) is 11.8 Å². The van der Waals surface area contributed by atoms with Crippen LogP contribution >= 0.6 is 15.8 Å². The van der Waals surface area contributed by atoms with E-state index in [1.165, 1.54) is 21.2 Å². The fourth-order valence-electron chi connectivity index (χ4n) is 6.22. The third-order valence-corrected chi connectivity index (χ3v) is 14.3. The quantitative estimate of drug-likeness (QED) is 0.224. The average molecular weight is 525 g/mol. The van der Waals surface area contributed by atoms with Crippen molar-refractivity contribution in [2.24, 2.45) is 11.8 Å². The first-order chi connectivity index (χ1) is 17.9. The molecule has 2 atom stereocenters. The van der Waals surface area contributed by atoms with Gasteiger partial charge < -0.3 is 4.74 Å². The molecule has 0 bridgehead atoms. The van der Waals surface area contributed by atoms with Crippen molar-refractivity contribution < 1.29 is 4.74 Å². The predicted molar refractivity (Wildman–Crippen MR) is 164 cm³/mol. The molecule has 190 valence electrons. The third kappa shape index (κ3) is 5.33. The summed E-state index contributed by atoms with van der Waals surface area (Å²) in [5.41, 5.74) is 0. The molecule has 1 aliphatic heterocycles. The van der Waals surface area contributed by atoms with Gasteiger partial charge in [0.05, 0.1) is 13.2 Å². The number of rotatable bonds is 8. The molecule has 1 heterocycles. The van der Waals surface area contributed by atoms with E-state index in [9.17, 15) is 0 Å².